The first-order valence-electron chi connectivity index (χ1n) is 14.9. The zero-order valence-corrected chi connectivity index (χ0v) is 25.3. The van der Waals surface area contributed by atoms with Gasteiger partial charge in [-0.3, -0.25) is 14.3 Å². The van der Waals surface area contributed by atoms with E-state index in [1.807, 2.05) is 47.4 Å². The number of rotatable bonds is 12. The maximum absolute atomic E-state index is 12.9. The highest BCUT2D eigenvalue weighted by Gasteiger charge is 2.43. The van der Waals surface area contributed by atoms with E-state index in [9.17, 15) is 30.2 Å². The Bertz CT molecular complexity index is 1990. The first-order chi connectivity index (χ1) is 22.7. The zero-order chi connectivity index (χ0) is 33.1. The van der Waals surface area contributed by atoms with Crippen molar-refractivity contribution >= 4 is 23.7 Å². The van der Waals surface area contributed by atoms with E-state index in [2.05, 4.69) is 31.8 Å². The van der Waals surface area contributed by atoms with Crippen molar-refractivity contribution in [2.45, 2.75) is 37.8 Å². The van der Waals surface area contributed by atoms with Crippen LogP contribution in [-0.4, -0.2) is 72.5 Å². The third-order valence-electron chi connectivity index (χ3n) is 8.36. The van der Waals surface area contributed by atoms with Gasteiger partial charge in [-0.25, -0.2) is 4.99 Å². The molecular formula is C32H31N9O6. The number of carbonyl (C=O) groups is 2. The van der Waals surface area contributed by atoms with Gasteiger partial charge in [0.2, 0.25) is 0 Å². The topological polar surface area (TPSA) is 210 Å². The van der Waals surface area contributed by atoms with E-state index in [0.29, 0.717) is 42.8 Å². The molecule has 4 heterocycles. The number of aromatic nitrogens is 6. The van der Waals surface area contributed by atoms with Crippen LogP contribution >= 0.6 is 0 Å². The summed E-state index contributed by atoms with van der Waals surface area (Å²) < 4.78 is 10.7. The summed E-state index contributed by atoms with van der Waals surface area (Å²) in [6.45, 7) is 0.811. The largest absolute Gasteiger partial charge is 0.858 e. The Morgan fingerprint density at radius 3 is 2.85 bits per heavy atom. The molecule has 0 spiro atoms. The van der Waals surface area contributed by atoms with Crippen LogP contribution in [0.3, 0.4) is 0 Å². The average Bonchev–Trinajstić information content (AvgIpc) is 3.85. The van der Waals surface area contributed by atoms with Crippen molar-refractivity contribution in [1.29, 1.82) is 5.26 Å². The number of aryl methyl sites for hydroxylation is 2. The number of aliphatic carboxylic acids is 2. The van der Waals surface area contributed by atoms with Gasteiger partial charge in [-0.05, 0) is 53.6 Å². The molecule has 47 heavy (non-hydrogen) atoms. The lowest BCUT2D eigenvalue weighted by atomic mass is 9.82. The van der Waals surface area contributed by atoms with E-state index < -0.39 is 29.8 Å². The second-order valence-electron chi connectivity index (χ2n) is 11.3. The summed E-state index contributed by atoms with van der Waals surface area (Å²) in [6.07, 6.45) is 8.15. The lowest BCUT2D eigenvalue weighted by molar-refractivity contribution is -0.617. The van der Waals surface area contributed by atoms with Crippen molar-refractivity contribution in [3.63, 3.8) is 0 Å². The molecule has 0 aliphatic carbocycles. The summed E-state index contributed by atoms with van der Waals surface area (Å²) in [5, 5.41) is 55.9. The number of methoxy groups -OCH3 is 1. The maximum atomic E-state index is 12.9. The quantitative estimate of drug-likeness (QED) is 0.0875. The number of carboxylic acid groups (broad SMARTS) is 2. The Balaban J connectivity index is 1.11. The Labute approximate surface area is 268 Å². The molecule has 1 aliphatic rings. The van der Waals surface area contributed by atoms with Gasteiger partial charge < -0.3 is 25.4 Å². The molecule has 0 unspecified atom stereocenters. The Morgan fingerprint density at radius 1 is 1.26 bits per heavy atom. The van der Waals surface area contributed by atoms with Crippen LogP contribution in [0.5, 0.6) is 5.75 Å². The molecule has 0 amide bonds. The predicted molar refractivity (Wildman–Crippen MR) is 163 cm³/mol. The monoisotopic (exact) mass is 637 g/mol. The van der Waals surface area contributed by atoms with Crippen LogP contribution in [0.1, 0.15) is 41.0 Å². The van der Waals surface area contributed by atoms with Crippen LogP contribution in [0, 0.1) is 17.2 Å². The fourth-order valence-corrected chi connectivity index (χ4v) is 6.13. The number of carboxylic acids is 2. The van der Waals surface area contributed by atoms with Crippen molar-refractivity contribution in [2.75, 3.05) is 13.7 Å². The summed E-state index contributed by atoms with van der Waals surface area (Å²) in [4.78, 5) is 27.4. The van der Waals surface area contributed by atoms with Crippen molar-refractivity contribution in [3.8, 4) is 23.1 Å². The van der Waals surface area contributed by atoms with Crippen LogP contribution in [0.4, 0.5) is 5.82 Å². The van der Waals surface area contributed by atoms with E-state index in [1.54, 1.807) is 27.6 Å². The molecule has 1 aliphatic heterocycles. The standard InChI is InChI=1S/C32H31N9O6/c1-47-27-8-5-19(12-23(27)25-16-34-30(32(45)46)24(25)14-29(42)43)4-2-9-39-18-28(36-38-39)35-31(44)20-6-7-22(21(13-20)15-33)26-17-40-10-3-11-41(40)37-26/h3,5-8,10-13,17-18,24-25,30,34,37H,2,4,9,14,16H2,1H3,(H2-,35,42,43,44,45,46)/t24-,25+,30-/m0/s1. The molecule has 2 aromatic carbocycles. The second-order valence-corrected chi connectivity index (χ2v) is 11.3. The van der Waals surface area contributed by atoms with Gasteiger partial charge in [0.15, 0.2) is 17.7 Å². The molecule has 5 aromatic rings. The Kier molecular flexibility index (Phi) is 8.67. The van der Waals surface area contributed by atoms with E-state index in [4.69, 9.17) is 4.74 Å². The summed E-state index contributed by atoms with van der Waals surface area (Å²) in [5.74, 6) is -2.94. The molecule has 3 aromatic heterocycles. The van der Waals surface area contributed by atoms with E-state index in [1.165, 1.54) is 13.2 Å². The lowest BCUT2D eigenvalue weighted by Crippen LogP contribution is -2.36. The summed E-state index contributed by atoms with van der Waals surface area (Å²) in [5.41, 5.74) is 3.69. The molecule has 6 rings (SSSR count). The normalized spacial score (nSPS) is 18.0. The number of hydrogen-bond donors (Lipinski definition) is 4. The average molecular weight is 638 g/mol. The molecule has 240 valence electrons. The number of nitrogens with zero attached hydrogens (tertiary/aromatic N) is 7. The van der Waals surface area contributed by atoms with Gasteiger partial charge in [-0.2, -0.15) is 10.4 Å². The molecule has 0 saturated carbocycles. The minimum atomic E-state index is -1.08. The lowest BCUT2D eigenvalue weighted by Gasteiger charge is -2.23. The van der Waals surface area contributed by atoms with Crippen LogP contribution in [-0.2, 0) is 22.6 Å². The zero-order valence-electron chi connectivity index (χ0n) is 25.3. The van der Waals surface area contributed by atoms with Crippen LogP contribution in [0.2, 0.25) is 0 Å². The van der Waals surface area contributed by atoms with E-state index >= 15 is 0 Å². The number of nitriles is 1. The highest BCUT2D eigenvalue weighted by molar-refractivity contribution is 5.93. The Hall–Kier alpha value is -6.01. The number of aliphatic imine (C=N–C) groups is 1. The third kappa shape index (κ3) is 6.53. The van der Waals surface area contributed by atoms with E-state index in [0.717, 1.165) is 16.8 Å². The maximum Gasteiger partial charge on any atom is 0.321 e. The van der Waals surface area contributed by atoms with Crippen LogP contribution in [0.15, 0.2) is 72.2 Å². The number of nitrogens with one attached hydrogen (secondary N) is 2. The third-order valence-corrected chi connectivity index (χ3v) is 8.36. The number of H-pyrrole nitrogens is 1. The minimum Gasteiger partial charge on any atom is -0.858 e. The van der Waals surface area contributed by atoms with Crippen LogP contribution < -0.4 is 19.7 Å². The first kappa shape index (κ1) is 31.0. The molecule has 3 atom stereocenters. The van der Waals surface area contributed by atoms with Gasteiger partial charge in [0.05, 0.1) is 37.6 Å². The number of fused-ring (bicyclic) bond motifs is 1. The van der Waals surface area contributed by atoms with Gasteiger partial charge >= 0.3 is 11.9 Å². The van der Waals surface area contributed by atoms with E-state index in [-0.39, 0.29) is 23.7 Å². The van der Waals surface area contributed by atoms with Gasteiger partial charge in [-0.1, -0.05) is 28.0 Å². The Morgan fingerprint density at radius 2 is 2.11 bits per heavy atom. The molecule has 1 saturated heterocycles. The molecular weight excluding hydrogens is 606 g/mol. The number of hydrogen-bond acceptors (Lipinski definition) is 9. The van der Waals surface area contributed by atoms with Crippen molar-refractivity contribution in [2.24, 2.45) is 10.9 Å². The van der Waals surface area contributed by atoms with Crippen molar-refractivity contribution < 1.29 is 34.2 Å². The fraction of sp³-hybridized carbons (Fsp3) is 0.281. The summed E-state index contributed by atoms with van der Waals surface area (Å²) >= 11 is 0. The predicted octanol–water partition coefficient (Wildman–Crippen LogP) is 1.29. The highest BCUT2D eigenvalue weighted by Crippen LogP contribution is 2.39. The molecule has 15 nitrogen and oxygen atoms in total. The van der Waals surface area contributed by atoms with Gasteiger partial charge in [-0.15, -0.1) is 9.61 Å². The van der Waals surface area contributed by atoms with Crippen LogP contribution in [0.25, 0.3) is 11.3 Å². The van der Waals surface area contributed by atoms with Gasteiger partial charge in [0, 0.05) is 36.6 Å². The minimum absolute atomic E-state index is 0.145. The van der Waals surface area contributed by atoms with Gasteiger partial charge in [0.1, 0.15) is 18.0 Å². The first-order valence-corrected chi connectivity index (χ1v) is 14.9. The number of aromatic amines is 1. The fourth-order valence-electron chi connectivity index (χ4n) is 6.13. The number of benzene rings is 2. The molecule has 0 bridgehead atoms. The SMILES string of the molecule is COc1ccc(CCCn2cc(/N=C(\[O-])c3ccc(-c4c[n+]5cccn5[nH]4)c(C#N)c3)nn2)cc1[C@H]1CN[C@H](C(=O)O)[C@H]1CC(=O)O. The molecule has 15 heteroatoms. The smallest absolute Gasteiger partial charge is 0.321 e. The van der Waals surface area contributed by atoms with Gasteiger partial charge in [0.25, 0.3) is 0 Å². The van der Waals surface area contributed by atoms with Crippen molar-refractivity contribution in [1.82, 2.24) is 30.0 Å². The molecule has 4 N–H and O–H groups in total. The summed E-state index contributed by atoms with van der Waals surface area (Å²) in [6, 6.07) is 13.6. The second kappa shape index (κ2) is 13.2. The number of ether oxygens (including phenoxy) is 1. The molecule has 0 radical (unpaired) electrons. The van der Waals surface area contributed by atoms with Crippen molar-refractivity contribution in [3.05, 3.63) is 89.5 Å². The summed E-state index contributed by atoms with van der Waals surface area (Å²) in [7, 11) is 1.53. The highest BCUT2D eigenvalue weighted by atomic mass is 16.5. The molecule has 1 fully saturated rings.